The molecule has 5 rings (SSSR count). The summed E-state index contributed by atoms with van der Waals surface area (Å²) in [7, 11) is -2.34. The van der Waals surface area contributed by atoms with Gasteiger partial charge in [-0.3, -0.25) is 4.90 Å². The summed E-state index contributed by atoms with van der Waals surface area (Å²) >= 11 is 0. The predicted octanol–water partition coefficient (Wildman–Crippen LogP) is 3.96. The molecule has 3 heterocycles. The molecule has 1 saturated carbocycles. The maximum absolute atomic E-state index is 13.5. The van der Waals surface area contributed by atoms with Crippen LogP contribution in [0.15, 0.2) is 33.8 Å². The molecule has 2 atom stereocenters. The van der Waals surface area contributed by atoms with Crippen LogP contribution < -0.4 is 14.4 Å². The van der Waals surface area contributed by atoms with Gasteiger partial charge in [-0.1, -0.05) is 5.16 Å². The second kappa shape index (κ2) is 9.88. The molecule has 12 nitrogen and oxygen atoms in total. The summed E-state index contributed by atoms with van der Waals surface area (Å²) in [6.45, 7) is 12.1. The fourth-order valence-electron chi connectivity index (χ4n) is 5.02. The summed E-state index contributed by atoms with van der Waals surface area (Å²) in [5.41, 5.74) is 0.652. The number of piperazine rings is 1. The number of fused-ring (bicyclic) bond motifs is 1. The SMILES string of the molecule is COc1cnnc(-c2noc3c(N4C[C@H](C)N(C(=O)OC(C)(C)C)[C@@H](C)C4)cc(S(=O)(=O)NC4(C)CC4)cc23)c1. The highest BCUT2D eigenvalue weighted by Crippen LogP contribution is 2.40. The Morgan fingerprint density at radius 1 is 1.15 bits per heavy atom. The van der Waals surface area contributed by atoms with Crippen LogP contribution in [0.2, 0.25) is 0 Å². The van der Waals surface area contributed by atoms with Gasteiger partial charge in [0.05, 0.1) is 41.4 Å². The first kappa shape index (κ1) is 28.1. The molecular formula is C27H36N6O6S. The highest BCUT2D eigenvalue weighted by molar-refractivity contribution is 7.89. The van der Waals surface area contributed by atoms with Gasteiger partial charge in [0.25, 0.3) is 0 Å². The zero-order valence-corrected chi connectivity index (χ0v) is 24.7. The summed E-state index contributed by atoms with van der Waals surface area (Å²) in [4.78, 5) is 16.8. The van der Waals surface area contributed by atoms with Gasteiger partial charge in [-0.05, 0) is 66.5 Å². The van der Waals surface area contributed by atoms with E-state index in [-0.39, 0.29) is 23.1 Å². The molecule has 13 heteroatoms. The number of nitrogens with zero attached hydrogens (tertiary/aromatic N) is 5. The maximum Gasteiger partial charge on any atom is 0.410 e. The molecule has 0 unspecified atom stereocenters. The average Bonchev–Trinajstić information content (AvgIpc) is 3.41. The second-order valence-electron chi connectivity index (χ2n) is 12.0. The van der Waals surface area contributed by atoms with Crippen molar-refractivity contribution in [2.24, 2.45) is 0 Å². The molecule has 2 aromatic heterocycles. The molecule has 1 aromatic carbocycles. The van der Waals surface area contributed by atoms with E-state index in [1.54, 1.807) is 23.1 Å². The molecule has 1 aliphatic heterocycles. The molecular weight excluding hydrogens is 536 g/mol. The lowest BCUT2D eigenvalue weighted by Crippen LogP contribution is -2.59. The van der Waals surface area contributed by atoms with E-state index in [0.717, 1.165) is 12.8 Å². The van der Waals surface area contributed by atoms with E-state index in [0.29, 0.717) is 46.9 Å². The maximum atomic E-state index is 13.5. The number of carbonyl (C=O) groups excluding carboxylic acids is 1. The van der Waals surface area contributed by atoms with E-state index in [9.17, 15) is 13.2 Å². The van der Waals surface area contributed by atoms with Crippen molar-refractivity contribution in [1.29, 1.82) is 0 Å². The summed E-state index contributed by atoms with van der Waals surface area (Å²) in [6, 6.07) is 4.40. The summed E-state index contributed by atoms with van der Waals surface area (Å²) in [6.07, 6.45) is 2.65. The number of carbonyl (C=O) groups is 1. The lowest BCUT2D eigenvalue weighted by atomic mass is 10.1. The number of hydrogen-bond donors (Lipinski definition) is 1. The van der Waals surface area contributed by atoms with E-state index in [4.69, 9.17) is 14.0 Å². The number of anilines is 1. The first-order valence-electron chi connectivity index (χ1n) is 13.3. The summed E-state index contributed by atoms with van der Waals surface area (Å²) < 4.78 is 46.7. The second-order valence-corrected chi connectivity index (χ2v) is 13.7. The molecule has 0 bridgehead atoms. The van der Waals surface area contributed by atoms with Crippen LogP contribution >= 0.6 is 0 Å². The molecule has 1 amide bonds. The van der Waals surface area contributed by atoms with Crippen molar-refractivity contribution in [3.8, 4) is 17.1 Å². The molecule has 1 N–H and O–H groups in total. The number of amides is 1. The van der Waals surface area contributed by atoms with E-state index in [2.05, 4.69) is 20.1 Å². The van der Waals surface area contributed by atoms with E-state index < -0.39 is 21.2 Å². The van der Waals surface area contributed by atoms with Crippen molar-refractivity contribution in [3.63, 3.8) is 0 Å². The zero-order valence-electron chi connectivity index (χ0n) is 23.9. The summed E-state index contributed by atoms with van der Waals surface area (Å²) in [5.74, 6) is 0.481. The topological polar surface area (TPSA) is 140 Å². The summed E-state index contributed by atoms with van der Waals surface area (Å²) in [5, 5.41) is 12.9. The highest BCUT2D eigenvalue weighted by atomic mass is 32.2. The Labute approximate surface area is 234 Å². The Morgan fingerprint density at radius 2 is 1.82 bits per heavy atom. The van der Waals surface area contributed by atoms with Crippen LogP contribution in [0.4, 0.5) is 10.5 Å². The van der Waals surface area contributed by atoms with E-state index >= 15 is 0 Å². The van der Waals surface area contributed by atoms with Gasteiger partial charge in [-0.25, -0.2) is 17.9 Å². The molecule has 40 heavy (non-hydrogen) atoms. The fourth-order valence-corrected chi connectivity index (χ4v) is 6.53. The standard InChI is InChI=1S/C27H36N6O6S/c1-16-14-32(15-17(2)33(16)25(34)38-26(3,4)5)22-12-19(40(35,36)31-27(6)8-9-27)11-20-23(30-39-24(20)22)21-10-18(37-7)13-28-29-21/h10-13,16-17,31H,8-9,14-15H2,1-7H3/t16-,17-/m0/s1. The predicted molar refractivity (Wildman–Crippen MR) is 149 cm³/mol. The van der Waals surface area contributed by atoms with Gasteiger partial charge in [-0.2, -0.15) is 5.10 Å². The van der Waals surface area contributed by atoms with Crippen molar-refractivity contribution in [3.05, 3.63) is 24.4 Å². The third-order valence-corrected chi connectivity index (χ3v) is 8.81. The lowest BCUT2D eigenvalue weighted by molar-refractivity contribution is 0.00567. The molecule has 1 saturated heterocycles. The Balaban J connectivity index is 1.58. The van der Waals surface area contributed by atoms with Crippen LogP contribution in [-0.2, 0) is 14.8 Å². The monoisotopic (exact) mass is 572 g/mol. The molecule has 1 aliphatic carbocycles. The van der Waals surface area contributed by atoms with Crippen LogP contribution in [0.5, 0.6) is 5.75 Å². The van der Waals surface area contributed by atoms with Gasteiger partial charge in [0, 0.05) is 24.7 Å². The number of rotatable bonds is 6. The Kier molecular flexibility index (Phi) is 6.94. The fraction of sp³-hybridized carbons (Fsp3) is 0.556. The van der Waals surface area contributed by atoms with Crippen LogP contribution in [0.3, 0.4) is 0 Å². The van der Waals surface area contributed by atoms with Crippen LogP contribution in [0, 0.1) is 0 Å². The van der Waals surface area contributed by atoms with Crippen LogP contribution in [-0.4, -0.2) is 78.2 Å². The third kappa shape index (κ3) is 5.57. The van der Waals surface area contributed by atoms with Gasteiger partial charge >= 0.3 is 6.09 Å². The minimum Gasteiger partial charge on any atom is -0.495 e. The minimum atomic E-state index is -3.86. The number of sulfonamides is 1. The minimum absolute atomic E-state index is 0.0957. The smallest absolute Gasteiger partial charge is 0.410 e. The number of ether oxygens (including phenoxy) is 2. The number of benzene rings is 1. The largest absolute Gasteiger partial charge is 0.495 e. The van der Waals surface area contributed by atoms with Gasteiger partial charge in [-0.15, -0.1) is 5.10 Å². The average molecular weight is 573 g/mol. The number of hydrogen-bond acceptors (Lipinski definition) is 10. The molecule has 216 valence electrons. The number of aromatic nitrogens is 3. The zero-order chi connectivity index (χ0) is 29.0. The van der Waals surface area contributed by atoms with Crippen molar-refractivity contribution < 1.29 is 27.2 Å². The normalized spacial score (nSPS) is 21.0. The third-order valence-electron chi connectivity index (χ3n) is 7.19. The van der Waals surface area contributed by atoms with Gasteiger partial charge < -0.3 is 18.9 Å². The molecule has 2 fully saturated rings. The van der Waals surface area contributed by atoms with Crippen molar-refractivity contribution in [1.82, 2.24) is 25.0 Å². The number of methoxy groups -OCH3 is 1. The highest BCUT2D eigenvalue weighted by Gasteiger charge is 2.42. The van der Waals surface area contributed by atoms with E-state index in [1.165, 1.54) is 13.3 Å². The first-order chi connectivity index (χ1) is 18.7. The molecule has 2 aliphatic rings. The lowest BCUT2D eigenvalue weighted by Gasteiger charge is -2.45. The van der Waals surface area contributed by atoms with Crippen molar-refractivity contribution >= 4 is 32.8 Å². The van der Waals surface area contributed by atoms with Crippen molar-refractivity contribution in [2.45, 2.75) is 82.5 Å². The Morgan fingerprint density at radius 3 is 2.42 bits per heavy atom. The quantitative estimate of drug-likeness (QED) is 0.462. The van der Waals surface area contributed by atoms with Crippen LogP contribution in [0.1, 0.15) is 54.4 Å². The number of nitrogens with one attached hydrogen (secondary N) is 1. The molecule has 0 radical (unpaired) electrons. The van der Waals surface area contributed by atoms with Gasteiger partial charge in [0.15, 0.2) is 5.58 Å². The Bertz CT molecular complexity index is 1530. The van der Waals surface area contributed by atoms with Gasteiger partial charge in [0.1, 0.15) is 22.7 Å². The van der Waals surface area contributed by atoms with Crippen LogP contribution in [0.25, 0.3) is 22.4 Å². The Hall–Kier alpha value is -3.45. The van der Waals surface area contributed by atoms with E-state index in [1.807, 2.05) is 46.4 Å². The molecule has 3 aromatic rings. The first-order valence-corrected chi connectivity index (χ1v) is 14.8. The van der Waals surface area contributed by atoms with Crippen molar-refractivity contribution in [2.75, 3.05) is 25.1 Å². The molecule has 0 spiro atoms. The van der Waals surface area contributed by atoms with Gasteiger partial charge in [0.2, 0.25) is 10.0 Å².